The van der Waals surface area contributed by atoms with Crippen molar-refractivity contribution in [2.75, 3.05) is 6.54 Å². The van der Waals surface area contributed by atoms with E-state index < -0.39 is 0 Å². The smallest absolute Gasteiger partial charge is 0.228 e. The van der Waals surface area contributed by atoms with Crippen molar-refractivity contribution in [1.82, 2.24) is 10.2 Å². The molecular weight excluding hydrogens is 252 g/mol. The Balaban J connectivity index is 1.67. The van der Waals surface area contributed by atoms with E-state index in [9.17, 15) is 9.59 Å². The predicted molar refractivity (Wildman–Crippen MR) is 75.7 cm³/mol. The van der Waals surface area contributed by atoms with Crippen LogP contribution in [0.1, 0.15) is 31.2 Å². The fourth-order valence-corrected chi connectivity index (χ4v) is 2.73. The van der Waals surface area contributed by atoms with Gasteiger partial charge in [0.25, 0.3) is 0 Å². The number of nitrogens with one attached hydrogen (secondary N) is 1. The van der Waals surface area contributed by atoms with Crippen molar-refractivity contribution >= 4 is 11.8 Å². The Morgan fingerprint density at radius 2 is 1.95 bits per heavy atom. The molecule has 106 valence electrons. The molecule has 0 aromatic heterocycles. The van der Waals surface area contributed by atoms with E-state index >= 15 is 0 Å². The van der Waals surface area contributed by atoms with E-state index in [2.05, 4.69) is 17.4 Å². The van der Waals surface area contributed by atoms with E-state index in [0.717, 1.165) is 12.8 Å². The summed E-state index contributed by atoms with van der Waals surface area (Å²) in [6.45, 7) is 1.18. The molecule has 4 nitrogen and oxygen atoms in total. The zero-order valence-corrected chi connectivity index (χ0v) is 11.5. The number of piperidine rings is 1. The largest absolute Gasteiger partial charge is 0.355 e. The van der Waals surface area contributed by atoms with Gasteiger partial charge in [0.1, 0.15) is 0 Å². The summed E-state index contributed by atoms with van der Waals surface area (Å²) in [7, 11) is 0. The highest BCUT2D eigenvalue weighted by atomic mass is 16.2. The maximum absolute atomic E-state index is 12.7. The van der Waals surface area contributed by atoms with Gasteiger partial charge in [0.2, 0.25) is 11.8 Å². The van der Waals surface area contributed by atoms with E-state index in [0.29, 0.717) is 32.0 Å². The molecule has 1 aliphatic carbocycles. The van der Waals surface area contributed by atoms with Crippen molar-refractivity contribution < 1.29 is 9.59 Å². The summed E-state index contributed by atoms with van der Waals surface area (Å²) < 4.78 is 0. The molecule has 1 N–H and O–H groups in total. The molecule has 0 bridgehead atoms. The van der Waals surface area contributed by atoms with E-state index in [1.54, 1.807) is 0 Å². The number of hydrogen-bond acceptors (Lipinski definition) is 2. The van der Waals surface area contributed by atoms with Gasteiger partial charge in [-0.25, -0.2) is 0 Å². The number of benzene rings is 1. The van der Waals surface area contributed by atoms with Gasteiger partial charge < -0.3 is 10.2 Å². The molecule has 0 radical (unpaired) electrons. The van der Waals surface area contributed by atoms with Crippen LogP contribution in [0.2, 0.25) is 0 Å². The fraction of sp³-hybridized carbons (Fsp3) is 0.500. The van der Waals surface area contributed by atoms with Crippen molar-refractivity contribution in [2.45, 2.75) is 38.3 Å². The van der Waals surface area contributed by atoms with Crippen LogP contribution in [0, 0.1) is 5.92 Å². The minimum atomic E-state index is -0.0444. The van der Waals surface area contributed by atoms with Crippen LogP contribution < -0.4 is 5.32 Å². The molecule has 20 heavy (non-hydrogen) atoms. The Labute approximate surface area is 119 Å². The van der Waals surface area contributed by atoms with Crippen molar-refractivity contribution in [2.24, 2.45) is 5.92 Å². The molecule has 1 heterocycles. The lowest BCUT2D eigenvalue weighted by Crippen LogP contribution is -2.45. The van der Waals surface area contributed by atoms with Crippen molar-refractivity contribution in [3.8, 4) is 0 Å². The molecule has 2 aliphatic rings. The van der Waals surface area contributed by atoms with Gasteiger partial charge in [-0.05, 0) is 24.8 Å². The third-order valence-corrected chi connectivity index (χ3v) is 4.08. The lowest BCUT2D eigenvalue weighted by Gasteiger charge is -2.29. The third-order valence-electron chi connectivity index (χ3n) is 4.08. The van der Waals surface area contributed by atoms with Crippen molar-refractivity contribution in [3.63, 3.8) is 0 Å². The maximum atomic E-state index is 12.7. The predicted octanol–water partition coefficient (Wildman–Crippen LogP) is 1.70. The van der Waals surface area contributed by atoms with Crippen LogP contribution in [0.5, 0.6) is 0 Å². The molecule has 1 aromatic carbocycles. The first-order valence-electron chi connectivity index (χ1n) is 7.35. The Morgan fingerprint density at radius 1 is 1.20 bits per heavy atom. The molecule has 0 spiro atoms. The Hall–Kier alpha value is -1.84. The standard InChI is InChI=1S/C16H20N2O2/c19-15-9-6-13(10-17-15)16(20)18(14-7-8-14)11-12-4-2-1-3-5-12/h1-5,13-14H,6-11H2,(H,17,19). The first kappa shape index (κ1) is 13.2. The average molecular weight is 272 g/mol. The van der Waals surface area contributed by atoms with Gasteiger partial charge >= 0.3 is 0 Å². The average Bonchev–Trinajstić information content (AvgIpc) is 3.30. The first-order chi connectivity index (χ1) is 9.74. The molecule has 2 amide bonds. The first-order valence-corrected chi connectivity index (χ1v) is 7.35. The maximum Gasteiger partial charge on any atom is 0.228 e. The second kappa shape index (κ2) is 5.65. The minimum absolute atomic E-state index is 0.0444. The molecular formula is C16H20N2O2. The second-order valence-electron chi connectivity index (χ2n) is 5.72. The summed E-state index contributed by atoms with van der Waals surface area (Å²) in [5, 5.41) is 2.80. The van der Waals surface area contributed by atoms with Crippen molar-refractivity contribution in [1.29, 1.82) is 0 Å². The highest BCUT2D eigenvalue weighted by Gasteiger charge is 2.36. The molecule has 1 saturated carbocycles. The second-order valence-corrected chi connectivity index (χ2v) is 5.72. The quantitative estimate of drug-likeness (QED) is 0.907. The molecule has 1 aromatic rings. The van der Waals surface area contributed by atoms with Crippen LogP contribution in [0.4, 0.5) is 0 Å². The molecule has 1 aliphatic heterocycles. The molecule has 3 rings (SSSR count). The summed E-state index contributed by atoms with van der Waals surface area (Å²) in [6.07, 6.45) is 3.37. The Bertz CT molecular complexity index is 486. The summed E-state index contributed by atoms with van der Waals surface area (Å²) in [5.74, 6) is 0.225. The normalized spacial score (nSPS) is 22.2. The van der Waals surface area contributed by atoms with Gasteiger partial charge in [0.15, 0.2) is 0 Å². The Kier molecular flexibility index (Phi) is 3.72. The van der Waals surface area contributed by atoms with Crippen LogP contribution >= 0.6 is 0 Å². The lowest BCUT2D eigenvalue weighted by molar-refractivity contribution is -0.138. The molecule has 1 unspecified atom stereocenters. The number of rotatable bonds is 4. The molecule has 1 atom stereocenters. The number of carbonyl (C=O) groups is 2. The van der Waals surface area contributed by atoms with Gasteiger partial charge in [-0.2, -0.15) is 0 Å². The molecule has 4 heteroatoms. The summed E-state index contributed by atoms with van der Waals surface area (Å²) in [5.41, 5.74) is 1.17. The molecule has 1 saturated heterocycles. The number of amides is 2. The van der Waals surface area contributed by atoms with Crippen LogP contribution in [0.25, 0.3) is 0 Å². The monoisotopic (exact) mass is 272 g/mol. The van der Waals surface area contributed by atoms with Crippen LogP contribution in [-0.4, -0.2) is 29.3 Å². The number of carbonyl (C=O) groups excluding carboxylic acids is 2. The van der Waals surface area contributed by atoms with Crippen LogP contribution in [0.15, 0.2) is 30.3 Å². The highest BCUT2D eigenvalue weighted by Crippen LogP contribution is 2.30. The van der Waals surface area contributed by atoms with E-state index in [4.69, 9.17) is 0 Å². The molecule has 2 fully saturated rings. The van der Waals surface area contributed by atoms with E-state index in [1.165, 1.54) is 5.56 Å². The van der Waals surface area contributed by atoms with Gasteiger partial charge in [0.05, 0.1) is 5.92 Å². The summed E-state index contributed by atoms with van der Waals surface area (Å²) >= 11 is 0. The van der Waals surface area contributed by atoms with E-state index in [-0.39, 0.29) is 17.7 Å². The zero-order chi connectivity index (χ0) is 13.9. The number of nitrogens with zero attached hydrogens (tertiary/aromatic N) is 1. The fourth-order valence-electron chi connectivity index (χ4n) is 2.73. The van der Waals surface area contributed by atoms with Gasteiger partial charge in [-0.1, -0.05) is 30.3 Å². The minimum Gasteiger partial charge on any atom is -0.355 e. The highest BCUT2D eigenvalue weighted by molar-refractivity contribution is 5.84. The third kappa shape index (κ3) is 3.00. The summed E-state index contributed by atoms with van der Waals surface area (Å²) in [6, 6.07) is 10.5. The number of hydrogen-bond donors (Lipinski definition) is 1. The van der Waals surface area contributed by atoms with Crippen molar-refractivity contribution in [3.05, 3.63) is 35.9 Å². The van der Waals surface area contributed by atoms with Crippen LogP contribution in [-0.2, 0) is 16.1 Å². The van der Waals surface area contributed by atoms with Gasteiger partial charge in [-0.3, -0.25) is 9.59 Å². The summed E-state index contributed by atoms with van der Waals surface area (Å²) in [4.78, 5) is 25.9. The SMILES string of the molecule is O=C1CCC(C(=O)N(Cc2ccccc2)C2CC2)CN1. The van der Waals surface area contributed by atoms with E-state index in [1.807, 2.05) is 23.1 Å². The van der Waals surface area contributed by atoms with Gasteiger partial charge in [-0.15, -0.1) is 0 Å². The zero-order valence-electron chi connectivity index (χ0n) is 11.5. The topological polar surface area (TPSA) is 49.4 Å². The lowest BCUT2D eigenvalue weighted by atomic mass is 9.97. The Morgan fingerprint density at radius 3 is 2.55 bits per heavy atom. The van der Waals surface area contributed by atoms with Gasteiger partial charge in [0, 0.05) is 25.6 Å². The van der Waals surface area contributed by atoms with Crippen LogP contribution in [0.3, 0.4) is 0 Å².